The van der Waals surface area contributed by atoms with Crippen molar-refractivity contribution in [2.24, 2.45) is 0 Å². The number of aromatic amines is 1. The number of para-hydroxylation sites is 1. The average Bonchev–Trinajstić information content (AvgIpc) is 2.37. The number of rotatable bonds is 1. The van der Waals surface area contributed by atoms with Gasteiger partial charge >= 0.3 is 0 Å². The fourth-order valence-corrected chi connectivity index (χ4v) is 2.83. The molecule has 1 aromatic carbocycles. The summed E-state index contributed by atoms with van der Waals surface area (Å²) in [5, 5.41) is 1.29. The topological polar surface area (TPSA) is 14.1 Å². The second-order valence-electron chi connectivity index (χ2n) is 4.79. The summed E-state index contributed by atoms with van der Waals surface area (Å²) >= 11 is 0. The molecule has 2 aromatic rings. The van der Waals surface area contributed by atoms with Crippen molar-refractivity contribution in [2.45, 2.75) is 31.6 Å². The molecule has 0 amide bonds. The summed E-state index contributed by atoms with van der Waals surface area (Å²) in [4.78, 5) is 3.57. The van der Waals surface area contributed by atoms with Gasteiger partial charge in [-0.1, -0.05) is 12.1 Å². The molecule has 0 spiro atoms. The molecule has 0 radical (unpaired) electrons. The third-order valence-electron chi connectivity index (χ3n) is 3.69. The Bertz CT molecular complexity index is 598. The maximum atomic E-state index is 5.47. The first-order chi connectivity index (χ1) is 8.38. The molecular weight excluding hydrogens is 286 g/mol. The van der Waals surface area contributed by atoms with Gasteiger partial charge in [0.1, 0.15) is 0 Å². The van der Waals surface area contributed by atoms with Crippen LogP contribution in [0.25, 0.3) is 10.9 Å². The van der Waals surface area contributed by atoms with Crippen molar-refractivity contribution >= 4 is 10.9 Å². The van der Waals surface area contributed by atoms with Crippen LogP contribution in [0.4, 0.5) is 0 Å². The van der Waals surface area contributed by atoms with Crippen LogP contribution >= 0.6 is 0 Å². The van der Waals surface area contributed by atoms with E-state index in [9.17, 15) is 0 Å². The molecule has 1 aromatic heterocycles. The van der Waals surface area contributed by atoms with Gasteiger partial charge < -0.3 is 17.0 Å². The number of benzene rings is 1. The average molecular weight is 302 g/mol. The summed E-state index contributed by atoms with van der Waals surface area (Å²) < 4.78 is 0. The molecule has 0 bridgehead atoms. The molecule has 1 aliphatic rings. The predicted molar refractivity (Wildman–Crippen MR) is 69.6 cm³/mol. The fourth-order valence-electron chi connectivity index (χ4n) is 2.83. The van der Waals surface area contributed by atoms with Gasteiger partial charge in [-0.25, -0.2) is 4.98 Å². The summed E-state index contributed by atoms with van der Waals surface area (Å²) in [6.45, 7) is 0. The molecule has 0 aliphatic heterocycles. The van der Waals surface area contributed by atoms with Crippen LogP contribution in [0, 0.1) is 12.3 Å². The van der Waals surface area contributed by atoms with E-state index in [0.29, 0.717) is 5.92 Å². The lowest BCUT2D eigenvalue weighted by Gasteiger charge is -2.20. The molecule has 1 heterocycles. The van der Waals surface area contributed by atoms with Crippen molar-refractivity contribution < 1.29 is 22.0 Å². The molecule has 1 N–H and O–H groups in total. The zero-order valence-corrected chi connectivity index (χ0v) is 11.8. The SMILES string of the molecule is C#CCC1CCCc2[nH+]c3ccccc3cc21.[Br-]. The molecule has 1 atom stereocenters. The Hall–Kier alpha value is -1.33. The van der Waals surface area contributed by atoms with Gasteiger partial charge in [-0.15, -0.1) is 12.3 Å². The maximum Gasteiger partial charge on any atom is 0.211 e. The molecule has 0 fully saturated rings. The zero-order valence-electron chi connectivity index (χ0n) is 10.2. The van der Waals surface area contributed by atoms with Crippen LogP contribution in [0.15, 0.2) is 30.3 Å². The van der Waals surface area contributed by atoms with Gasteiger partial charge in [0.2, 0.25) is 5.52 Å². The Morgan fingerprint density at radius 3 is 3.00 bits per heavy atom. The number of terminal acetylenes is 1. The minimum Gasteiger partial charge on any atom is -1.00 e. The second kappa shape index (κ2) is 5.54. The lowest BCUT2D eigenvalue weighted by Crippen LogP contribution is -3.00. The highest BCUT2D eigenvalue weighted by Crippen LogP contribution is 2.33. The number of aryl methyl sites for hydroxylation is 1. The highest BCUT2D eigenvalue weighted by atomic mass is 79.9. The van der Waals surface area contributed by atoms with Crippen molar-refractivity contribution in [3.8, 4) is 12.3 Å². The zero-order chi connectivity index (χ0) is 11.7. The van der Waals surface area contributed by atoms with Crippen LogP contribution in [-0.4, -0.2) is 0 Å². The Balaban J connectivity index is 0.00000120. The number of nitrogens with one attached hydrogen (secondary N) is 1. The minimum atomic E-state index is 0. The third-order valence-corrected chi connectivity index (χ3v) is 3.69. The Kier molecular flexibility index (Phi) is 4.04. The van der Waals surface area contributed by atoms with Gasteiger partial charge in [0.05, 0.1) is 0 Å². The van der Waals surface area contributed by atoms with Crippen molar-refractivity contribution in [2.75, 3.05) is 0 Å². The van der Waals surface area contributed by atoms with Crippen LogP contribution in [0.3, 0.4) is 0 Å². The van der Waals surface area contributed by atoms with E-state index in [-0.39, 0.29) is 17.0 Å². The Labute approximate surface area is 118 Å². The van der Waals surface area contributed by atoms with E-state index in [1.807, 2.05) is 0 Å². The number of fused-ring (bicyclic) bond motifs is 2. The van der Waals surface area contributed by atoms with Gasteiger partial charge in [-0.2, -0.15) is 0 Å². The van der Waals surface area contributed by atoms with Gasteiger partial charge in [0.15, 0.2) is 5.69 Å². The van der Waals surface area contributed by atoms with E-state index in [1.54, 1.807) is 0 Å². The number of aromatic nitrogens is 1. The Morgan fingerprint density at radius 2 is 2.17 bits per heavy atom. The third kappa shape index (κ3) is 2.28. The van der Waals surface area contributed by atoms with Crippen LogP contribution in [0.1, 0.15) is 36.4 Å². The maximum absolute atomic E-state index is 5.47. The van der Waals surface area contributed by atoms with E-state index in [1.165, 1.54) is 35.0 Å². The summed E-state index contributed by atoms with van der Waals surface area (Å²) in [6, 6.07) is 10.8. The molecule has 1 unspecified atom stereocenters. The summed E-state index contributed by atoms with van der Waals surface area (Å²) in [5.41, 5.74) is 4.05. The highest BCUT2D eigenvalue weighted by Gasteiger charge is 2.24. The van der Waals surface area contributed by atoms with E-state index in [0.717, 1.165) is 12.8 Å². The van der Waals surface area contributed by atoms with Gasteiger partial charge in [-0.05, 0) is 25.0 Å². The van der Waals surface area contributed by atoms with Crippen LogP contribution in [0.2, 0.25) is 0 Å². The van der Waals surface area contributed by atoms with Crippen LogP contribution in [0.5, 0.6) is 0 Å². The number of hydrogen-bond donors (Lipinski definition) is 0. The molecule has 1 aliphatic carbocycles. The minimum absolute atomic E-state index is 0. The molecule has 3 rings (SSSR count). The standard InChI is InChI=1S/C16H15N.BrH/c1-2-6-12-8-5-10-16-14(12)11-13-7-3-4-9-15(13)17-16;/h1,3-4,7,9,11-12H,5-6,8,10H2;1H. The van der Waals surface area contributed by atoms with Gasteiger partial charge in [0, 0.05) is 35.8 Å². The molecule has 0 saturated carbocycles. The van der Waals surface area contributed by atoms with E-state index in [4.69, 9.17) is 6.42 Å². The summed E-state index contributed by atoms with van der Waals surface area (Å²) in [5.74, 6) is 3.36. The van der Waals surface area contributed by atoms with Crippen LogP contribution in [-0.2, 0) is 6.42 Å². The molecular formula is C16H16BrN. The molecule has 2 heteroatoms. The predicted octanol–water partition coefficient (Wildman–Crippen LogP) is 0.101. The fraction of sp³-hybridized carbons (Fsp3) is 0.312. The summed E-state index contributed by atoms with van der Waals surface area (Å²) in [7, 11) is 0. The number of pyridine rings is 1. The molecule has 18 heavy (non-hydrogen) atoms. The largest absolute Gasteiger partial charge is 1.00 e. The molecule has 92 valence electrons. The lowest BCUT2D eigenvalue weighted by molar-refractivity contribution is -0.359. The number of hydrogen-bond acceptors (Lipinski definition) is 0. The smallest absolute Gasteiger partial charge is 0.211 e. The molecule has 1 nitrogen and oxygen atoms in total. The highest BCUT2D eigenvalue weighted by molar-refractivity contribution is 5.76. The van der Waals surface area contributed by atoms with E-state index >= 15 is 0 Å². The first-order valence-corrected chi connectivity index (χ1v) is 6.26. The van der Waals surface area contributed by atoms with Crippen molar-refractivity contribution in [1.29, 1.82) is 0 Å². The monoisotopic (exact) mass is 301 g/mol. The normalized spacial score (nSPS) is 17.6. The number of halogens is 1. The quantitative estimate of drug-likeness (QED) is 0.664. The van der Waals surface area contributed by atoms with Gasteiger partial charge in [-0.3, -0.25) is 0 Å². The van der Waals surface area contributed by atoms with E-state index < -0.39 is 0 Å². The van der Waals surface area contributed by atoms with E-state index in [2.05, 4.69) is 41.2 Å². The van der Waals surface area contributed by atoms with Crippen molar-refractivity contribution in [3.05, 3.63) is 41.6 Å². The van der Waals surface area contributed by atoms with Crippen molar-refractivity contribution in [3.63, 3.8) is 0 Å². The van der Waals surface area contributed by atoms with Crippen molar-refractivity contribution in [1.82, 2.24) is 0 Å². The first kappa shape index (κ1) is 13.1. The number of H-pyrrole nitrogens is 1. The van der Waals surface area contributed by atoms with Gasteiger partial charge in [0.25, 0.3) is 0 Å². The molecule has 0 saturated heterocycles. The Morgan fingerprint density at radius 1 is 1.33 bits per heavy atom. The summed E-state index contributed by atoms with van der Waals surface area (Å²) in [6.07, 6.45) is 9.95. The second-order valence-corrected chi connectivity index (χ2v) is 4.79. The van der Waals surface area contributed by atoms with Crippen LogP contribution < -0.4 is 22.0 Å². The first-order valence-electron chi connectivity index (χ1n) is 6.26. The lowest BCUT2D eigenvalue weighted by atomic mass is 9.83.